The highest BCUT2D eigenvalue weighted by molar-refractivity contribution is 9.09. The highest BCUT2D eigenvalue weighted by Crippen LogP contribution is 2.33. The maximum atomic E-state index is 13.2. The first-order chi connectivity index (χ1) is 9.47. The van der Waals surface area contributed by atoms with Crippen LogP contribution in [0.2, 0.25) is 5.02 Å². The summed E-state index contributed by atoms with van der Waals surface area (Å²) < 4.78 is 18.8. The molecule has 0 heterocycles. The van der Waals surface area contributed by atoms with Crippen molar-refractivity contribution in [1.29, 1.82) is 0 Å². The molecule has 0 aliphatic rings. The number of benzene rings is 2. The van der Waals surface area contributed by atoms with Crippen molar-refractivity contribution < 1.29 is 9.13 Å². The summed E-state index contributed by atoms with van der Waals surface area (Å²) in [7, 11) is 0. The van der Waals surface area contributed by atoms with Gasteiger partial charge in [0.15, 0.2) is 0 Å². The van der Waals surface area contributed by atoms with Crippen LogP contribution in [0.4, 0.5) is 4.39 Å². The van der Waals surface area contributed by atoms with E-state index in [1.165, 1.54) is 6.07 Å². The van der Waals surface area contributed by atoms with Crippen LogP contribution in [0.5, 0.6) is 5.75 Å². The van der Waals surface area contributed by atoms with Crippen molar-refractivity contribution in [1.82, 2.24) is 0 Å². The minimum atomic E-state index is -0.407. The average Bonchev–Trinajstić information content (AvgIpc) is 2.41. The number of hydrogen-bond acceptors (Lipinski definition) is 1. The van der Waals surface area contributed by atoms with E-state index in [0.29, 0.717) is 0 Å². The van der Waals surface area contributed by atoms with Crippen molar-refractivity contribution >= 4 is 27.5 Å². The Kier molecular flexibility index (Phi) is 5.06. The quantitative estimate of drug-likeness (QED) is 0.633. The van der Waals surface area contributed by atoms with Crippen LogP contribution in [0.1, 0.15) is 29.8 Å². The molecule has 0 spiro atoms. The van der Waals surface area contributed by atoms with Crippen LogP contribution in [0.3, 0.4) is 0 Å². The number of hydrogen-bond donors (Lipinski definition) is 0. The van der Waals surface area contributed by atoms with E-state index in [0.717, 1.165) is 16.9 Å². The summed E-state index contributed by atoms with van der Waals surface area (Å²) in [5.41, 5.74) is 1.97. The summed E-state index contributed by atoms with van der Waals surface area (Å²) in [5, 5.41) is 0.131. The van der Waals surface area contributed by atoms with Gasteiger partial charge in [0.1, 0.15) is 11.6 Å². The fourth-order valence-corrected chi connectivity index (χ4v) is 2.63. The normalized spacial score (nSPS) is 12.5. The highest BCUT2D eigenvalue weighted by atomic mass is 79.9. The fraction of sp³-hybridized carbons (Fsp3) is 0.250. The minimum Gasteiger partial charge on any atom is -0.491 e. The van der Waals surface area contributed by atoms with Gasteiger partial charge in [0.05, 0.1) is 16.0 Å². The summed E-state index contributed by atoms with van der Waals surface area (Å²) in [4.78, 5) is -0.0336. The minimum absolute atomic E-state index is 0.0336. The van der Waals surface area contributed by atoms with E-state index in [1.54, 1.807) is 12.1 Å². The van der Waals surface area contributed by atoms with Gasteiger partial charge in [0.25, 0.3) is 0 Å². The third-order valence-corrected chi connectivity index (χ3v) is 4.13. The maximum Gasteiger partial charge on any atom is 0.141 e. The second-order valence-electron chi connectivity index (χ2n) is 4.77. The third kappa shape index (κ3) is 3.74. The zero-order valence-electron chi connectivity index (χ0n) is 11.2. The van der Waals surface area contributed by atoms with Gasteiger partial charge < -0.3 is 4.74 Å². The maximum absolute atomic E-state index is 13.2. The topological polar surface area (TPSA) is 9.23 Å². The molecule has 0 fully saturated rings. The Hall–Kier alpha value is -1.06. The standard InChI is InChI=1S/C16H15BrClFO/c1-10(2)20-13-6-3-11(4-7-13)16(17)12-5-8-15(19)14(18)9-12/h3-10,16H,1-2H3. The van der Waals surface area contributed by atoms with Crippen LogP contribution in [0.15, 0.2) is 42.5 Å². The molecule has 1 nitrogen and oxygen atoms in total. The molecular weight excluding hydrogens is 343 g/mol. The molecule has 1 atom stereocenters. The molecule has 2 aromatic carbocycles. The van der Waals surface area contributed by atoms with Crippen molar-refractivity contribution in [2.75, 3.05) is 0 Å². The number of alkyl halides is 1. The average molecular weight is 358 g/mol. The molecule has 0 radical (unpaired) electrons. The van der Waals surface area contributed by atoms with Gasteiger partial charge in [-0.1, -0.05) is 45.7 Å². The molecule has 0 aliphatic carbocycles. The molecule has 2 rings (SSSR count). The summed E-state index contributed by atoms with van der Waals surface area (Å²) in [6.07, 6.45) is 0.150. The molecule has 0 bridgehead atoms. The van der Waals surface area contributed by atoms with Gasteiger partial charge in [-0.3, -0.25) is 0 Å². The Morgan fingerprint density at radius 1 is 1.05 bits per heavy atom. The molecule has 0 aliphatic heterocycles. The summed E-state index contributed by atoms with van der Waals surface area (Å²) >= 11 is 9.42. The van der Waals surface area contributed by atoms with E-state index < -0.39 is 5.82 Å². The molecule has 4 heteroatoms. The molecule has 1 unspecified atom stereocenters. The number of rotatable bonds is 4. The van der Waals surface area contributed by atoms with Gasteiger partial charge in [0, 0.05) is 0 Å². The molecule has 0 aromatic heterocycles. The van der Waals surface area contributed by atoms with Crippen molar-refractivity contribution in [3.05, 3.63) is 64.4 Å². The van der Waals surface area contributed by atoms with Gasteiger partial charge in [-0.2, -0.15) is 0 Å². The Balaban J connectivity index is 2.20. The third-order valence-electron chi connectivity index (χ3n) is 2.78. The van der Waals surface area contributed by atoms with Gasteiger partial charge in [-0.15, -0.1) is 0 Å². The predicted octanol–water partition coefficient (Wildman–Crippen LogP) is 5.75. The first-order valence-corrected chi connectivity index (χ1v) is 7.62. The molecule has 0 amide bonds. The molecular formula is C16H15BrClFO. The Labute approximate surface area is 131 Å². The van der Waals surface area contributed by atoms with Crippen molar-refractivity contribution in [2.45, 2.75) is 24.8 Å². The zero-order valence-corrected chi connectivity index (χ0v) is 13.6. The first kappa shape index (κ1) is 15.3. The Morgan fingerprint density at radius 3 is 2.20 bits per heavy atom. The van der Waals surface area contributed by atoms with Crippen LogP contribution in [-0.4, -0.2) is 6.10 Å². The number of halogens is 3. The lowest BCUT2D eigenvalue weighted by atomic mass is 10.0. The van der Waals surface area contributed by atoms with E-state index in [1.807, 2.05) is 38.1 Å². The summed E-state index contributed by atoms with van der Waals surface area (Å²) in [5.74, 6) is 0.427. The van der Waals surface area contributed by atoms with E-state index in [4.69, 9.17) is 16.3 Å². The van der Waals surface area contributed by atoms with Crippen molar-refractivity contribution in [3.8, 4) is 5.75 Å². The van der Waals surface area contributed by atoms with Crippen LogP contribution in [-0.2, 0) is 0 Å². The second kappa shape index (κ2) is 6.59. The molecule has 0 saturated heterocycles. The summed E-state index contributed by atoms with van der Waals surface area (Å²) in [6.45, 7) is 3.98. The van der Waals surface area contributed by atoms with Gasteiger partial charge in [0.2, 0.25) is 0 Å². The highest BCUT2D eigenvalue weighted by Gasteiger charge is 2.12. The van der Waals surface area contributed by atoms with E-state index in [2.05, 4.69) is 15.9 Å². The predicted molar refractivity (Wildman–Crippen MR) is 84.4 cm³/mol. The molecule has 2 aromatic rings. The van der Waals surface area contributed by atoms with Gasteiger partial charge in [-0.25, -0.2) is 4.39 Å². The van der Waals surface area contributed by atoms with E-state index >= 15 is 0 Å². The fourth-order valence-electron chi connectivity index (χ4n) is 1.85. The Bertz CT molecular complexity index is 584. The van der Waals surface area contributed by atoms with Crippen LogP contribution >= 0.6 is 27.5 Å². The summed E-state index contributed by atoms with van der Waals surface area (Å²) in [6, 6.07) is 12.5. The SMILES string of the molecule is CC(C)Oc1ccc(C(Br)c2ccc(F)c(Cl)c2)cc1. The van der Waals surface area contributed by atoms with Crippen LogP contribution in [0, 0.1) is 5.82 Å². The van der Waals surface area contributed by atoms with Gasteiger partial charge >= 0.3 is 0 Å². The van der Waals surface area contributed by atoms with E-state index in [-0.39, 0.29) is 16.0 Å². The smallest absolute Gasteiger partial charge is 0.141 e. The lowest BCUT2D eigenvalue weighted by molar-refractivity contribution is 0.242. The molecule has 20 heavy (non-hydrogen) atoms. The lowest BCUT2D eigenvalue weighted by Gasteiger charge is -2.13. The van der Waals surface area contributed by atoms with Crippen LogP contribution in [0.25, 0.3) is 0 Å². The Morgan fingerprint density at radius 2 is 1.65 bits per heavy atom. The van der Waals surface area contributed by atoms with Crippen LogP contribution < -0.4 is 4.74 Å². The van der Waals surface area contributed by atoms with Crippen molar-refractivity contribution in [3.63, 3.8) is 0 Å². The van der Waals surface area contributed by atoms with E-state index in [9.17, 15) is 4.39 Å². The zero-order chi connectivity index (χ0) is 14.7. The monoisotopic (exact) mass is 356 g/mol. The molecule has 106 valence electrons. The van der Waals surface area contributed by atoms with Crippen molar-refractivity contribution in [2.24, 2.45) is 0 Å². The largest absolute Gasteiger partial charge is 0.491 e. The lowest BCUT2D eigenvalue weighted by Crippen LogP contribution is -2.05. The van der Waals surface area contributed by atoms with Gasteiger partial charge in [-0.05, 0) is 49.2 Å². The first-order valence-electron chi connectivity index (χ1n) is 6.33. The molecule has 0 N–H and O–H groups in total. The second-order valence-corrected chi connectivity index (χ2v) is 6.09. The number of ether oxygens (including phenoxy) is 1. The molecule has 0 saturated carbocycles.